The fraction of sp³-hybridized carbons (Fsp3) is 0.333. The molecule has 3 aromatic rings. The summed E-state index contributed by atoms with van der Waals surface area (Å²) >= 11 is 0. The number of aromatic nitrogens is 4. The van der Waals surface area contributed by atoms with Crippen molar-refractivity contribution >= 4 is 0 Å². The van der Waals surface area contributed by atoms with Crippen molar-refractivity contribution in [1.29, 1.82) is 0 Å². The summed E-state index contributed by atoms with van der Waals surface area (Å²) in [4.78, 5) is 4.53. The minimum absolute atomic E-state index is 0.305. The Morgan fingerprint density at radius 1 is 1.12 bits per heavy atom. The molecule has 0 saturated carbocycles. The Bertz CT molecular complexity index is 849. The van der Waals surface area contributed by atoms with Crippen LogP contribution in [0.4, 0.5) is 0 Å². The van der Waals surface area contributed by atoms with Crippen LogP contribution in [-0.4, -0.2) is 33.6 Å². The van der Waals surface area contributed by atoms with E-state index in [1.807, 2.05) is 46.9 Å². The molecule has 6 nitrogen and oxygen atoms in total. The van der Waals surface area contributed by atoms with Gasteiger partial charge in [-0.1, -0.05) is 0 Å². The lowest BCUT2D eigenvalue weighted by Gasteiger charge is -2.14. The number of hydrogen-bond donors (Lipinski definition) is 0. The first-order valence-corrected chi connectivity index (χ1v) is 7.86. The Morgan fingerprint density at radius 3 is 2.54 bits per heavy atom. The molecule has 0 aliphatic heterocycles. The molecule has 1 aromatic carbocycles. The molecule has 2 aromatic heterocycles. The topological polar surface area (TPSA) is 54.1 Å². The Labute approximate surface area is 141 Å². The van der Waals surface area contributed by atoms with E-state index >= 15 is 0 Å². The Hall–Kier alpha value is -2.76. The molecule has 2 heterocycles. The summed E-state index contributed by atoms with van der Waals surface area (Å²) in [5.74, 6) is 2.16. The summed E-state index contributed by atoms with van der Waals surface area (Å²) in [6, 6.07) is 4.30. The molecular formula is C18H22N4O2. The monoisotopic (exact) mass is 326 g/mol. The van der Waals surface area contributed by atoms with E-state index in [9.17, 15) is 0 Å². The third kappa shape index (κ3) is 2.75. The molecule has 6 heteroatoms. The molecule has 0 fully saturated rings. The molecule has 0 unspecified atom stereocenters. The predicted octanol–water partition coefficient (Wildman–Crippen LogP) is 3.64. The maximum atomic E-state index is 5.58. The van der Waals surface area contributed by atoms with E-state index in [0.29, 0.717) is 17.5 Å². The molecular weight excluding hydrogens is 304 g/mol. The number of nitrogens with zero attached hydrogens (tertiary/aromatic N) is 4. The number of hydrogen-bond acceptors (Lipinski definition) is 4. The SMILES string of the molecule is COc1cc(C)cc(-c2nccn2-c2cnn(C(C)C)c2)c1OC. The third-order valence-electron chi connectivity index (χ3n) is 3.90. The molecule has 0 aliphatic carbocycles. The van der Waals surface area contributed by atoms with Crippen LogP contribution >= 0.6 is 0 Å². The van der Waals surface area contributed by atoms with Crippen LogP contribution in [0.25, 0.3) is 17.1 Å². The van der Waals surface area contributed by atoms with Crippen LogP contribution in [0.2, 0.25) is 0 Å². The summed E-state index contributed by atoms with van der Waals surface area (Å²) < 4.78 is 15.0. The Kier molecular flexibility index (Phi) is 4.29. The summed E-state index contributed by atoms with van der Waals surface area (Å²) in [7, 11) is 3.28. The minimum atomic E-state index is 0.305. The van der Waals surface area contributed by atoms with Gasteiger partial charge >= 0.3 is 0 Å². The van der Waals surface area contributed by atoms with Gasteiger partial charge in [0.15, 0.2) is 11.5 Å². The first-order valence-electron chi connectivity index (χ1n) is 7.86. The Morgan fingerprint density at radius 2 is 1.92 bits per heavy atom. The smallest absolute Gasteiger partial charge is 0.171 e. The molecule has 0 bridgehead atoms. The van der Waals surface area contributed by atoms with Crippen molar-refractivity contribution in [2.75, 3.05) is 14.2 Å². The summed E-state index contributed by atoms with van der Waals surface area (Å²) in [5, 5.41) is 4.41. The third-order valence-corrected chi connectivity index (χ3v) is 3.90. The van der Waals surface area contributed by atoms with E-state index in [1.54, 1.807) is 20.4 Å². The van der Waals surface area contributed by atoms with Crippen molar-refractivity contribution in [3.63, 3.8) is 0 Å². The first-order chi connectivity index (χ1) is 11.5. The molecule has 0 atom stereocenters. The quantitative estimate of drug-likeness (QED) is 0.718. The highest BCUT2D eigenvalue weighted by atomic mass is 16.5. The van der Waals surface area contributed by atoms with Gasteiger partial charge in [0.2, 0.25) is 0 Å². The van der Waals surface area contributed by atoms with E-state index in [0.717, 1.165) is 22.6 Å². The lowest BCUT2D eigenvalue weighted by molar-refractivity contribution is 0.355. The van der Waals surface area contributed by atoms with Crippen LogP contribution in [0.15, 0.2) is 36.9 Å². The lowest BCUT2D eigenvalue weighted by atomic mass is 10.1. The summed E-state index contributed by atoms with van der Waals surface area (Å²) in [6.45, 7) is 6.22. The largest absolute Gasteiger partial charge is 0.493 e. The van der Waals surface area contributed by atoms with Crippen LogP contribution < -0.4 is 9.47 Å². The minimum Gasteiger partial charge on any atom is -0.493 e. The van der Waals surface area contributed by atoms with Gasteiger partial charge in [-0.25, -0.2) is 4.98 Å². The summed E-state index contributed by atoms with van der Waals surface area (Å²) in [6.07, 6.45) is 7.54. The molecule has 0 radical (unpaired) electrons. The van der Waals surface area contributed by atoms with Gasteiger partial charge in [-0.3, -0.25) is 9.25 Å². The number of rotatable bonds is 5. The maximum Gasteiger partial charge on any atom is 0.171 e. The van der Waals surface area contributed by atoms with Gasteiger partial charge in [0.1, 0.15) is 5.82 Å². The zero-order chi connectivity index (χ0) is 17.3. The van der Waals surface area contributed by atoms with Crippen molar-refractivity contribution in [1.82, 2.24) is 19.3 Å². The molecule has 0 N–H and O–H groups in total. The number of methoxy groups -OCH3 is 2. The second kappa shape index (κ2) is 6.39. The van der Waals surface area contributed by atoms with Crippen LogP contribution in [0, 0.1) is 6.92 Å². The standard InChI is InChI=1S/C18H22N4O2/c1-12(2)22-11-14(10-20-22)21-7-6-19-18(21)15-8-13(3)9-16(23-4)17(15)24-5/h6-12H,1-5H3. The second-order valence-electron chi connectivity index (χ2n) is 5.94. The molecule has 0 aliphatic rings. The van der Waals surface area contributed by atoms with Gasteiger partial charge in [-0.15, -0.1) is 0 Å². The van der Waals surface area contributed by atoms with Crippen molar-refractivity contribution in [3.8, 4) is 28.6 Å². The number of benzene rings is 1. The molecule has 24 heavy (non-hydrogen) atoms. The first kappa shape index (κ1) is 16.1. The van der Waals surface area contributed by atoms with E-state index < -0.39 is 0 Å². The van der Waals surface area contributed by atoms with Crippen molar-refractivity contribution in [2.45, 2.75) is 26.8 Å². The number of imidazole rings is 1. The number of aryl methyl sites for hydroxylation is 1. The van der Waals surface area contributed by atoms with Gasteiger partial charge in [0.05, 0.1) is 31.7 Å². The zero-order valence-electron chi connectivity index (χ0n) is 14.6. The summed E-state index contributed by atoms with van der Waals surface area (Å²) in [5.41, 5.74) is 2.92. The van der Waals surface area contributed by atoms with Crippen LogP contribution in [-0.2, 0) is 0 Å². The molecule has 0 amide bonds. The average Bonchev–Trinajstić information content (AvgIpc) is 3.22. The van der Waals surface area contributed by atoms with Gasteiger partial charge < -0.3 is 9.47 Å². The fourth-order valence-electron chi connectivity index (χ4n) is 2.71. The molecule has 0 saturated heterocycles. The van der Waals surface area contributed by atoms with Crippen molar-refractivity contribution in [3.05, 3.63) is 42.5 Å². The molecule has 0 spiro atoms. The van der Waals surface area contributed by atoms with Crippen molar-refractivity contribution < 1.29 is 9.47 Å². The van der Waals surface area contributed by atoms with Crippen LogP contribution in [0.5, 0.6) is 11.5 Å². The predicted molar refractivity (Wildman–Crippen MR) is 93.0 cm³/mol. The average molecular weight is 326 g/mol. The van der Waals surface area contributed by atoms with Crippen LogP contribution in [0.3, 0.4) is 0 Å². The van der Waals surface area contributed by atoms with Gasteiger partial charge in [0, 0.05) is 24.6 Å². The highest BCUT2D eigenvalue weighted by Crippen LogP contribution is 2.39. The lowest BCUT2D eigenvalue weighted by Crippen LogP contribution is -2.01. The Balaban J connectivity index is 2.15. The molecule has 3 rings (SSSR count). The van der Waals surface area contributed by atoms with E-state index in [4.69, 9.17) is 9.47 Å². The fourth-order valence-corrected chi connectivity index (χ4v) is 2.71. The van der Waals surface area contributed by atoms with E-state index in [2.05, 4.69) is 23.9 Å². The van der Waals surface area contributed by atoms with Crippen molar-refractivity contribution in [2.24, 2.45) is 0 Å². The van der Waals surface area contributed by atoms with E-state index in [-0.39, 0.29) is 0 Å². The highest BCUT2D eigenvalue weighted by molar-refractivity contribution is 5.71. The van der Waals surface area contributed by atoms with Gasteiger partial charge in [0.25, 0.3) is 0 Å². The van der Waals surface area contributed by atoms with E-state index in [1.165, 1.54) is 0 Å². The van der Waals surface area contributed by atoms with Gasteiger partial charge in [-0.2, -0.15) is 5.10 Å². The highest BCUT2D eigenvalue weighted by Gasteiger charge is 2.18. The molecule has 126 valence electrons. The second-order valence-corrected chi connectivity index (χ2v) is 5.94. The normalized spacial score (nSPS) is 11.1. The number of ether oxygens (including phenoxy) is 2. The zero-order valence-corrected chi connectivity index (χ0v) is 14.6. The van der Waals surface area contributed by atoms with Gasteiger partial charge in [-0.05, 0) is 38.5 Å². The van der Waals surface area contributed by atoms with Crippen LogP contribution in [0.1, 0.15) is 25.5 Å². The maximum absolute atomic E-state index is 5.58.